The smallest absolute Gasteiger partial charge is 0.166 e. The highest BCUT2D eigenvalue weighted by molar-refractivity contribution is 6.18. The molecule has 0 saturated heterocycles. The van der Waals surface area contributed by atoms with Crippen LogP contribution in [0.4, 0.5) is 0 Å². The summed E-state index contributed by atoms with van der Waals surface area (Å²) in [4.78, 5) is 16.0. The summed E-state index contributed by atoms with van der Waals surface area (Å²) in [6.45, 7) is 0. The Hall–Kier alpha value is -8.15. The second kappa shape index (κ2) is 13.8. The average molecular weight is 767 g/mol. The van der Waals surface area contributed by atoms with Crippen LogP contribution < -0.4 is 0 Å². The molecule has 12 aromatic rings. The predicted molar refractivity (Wildman–Crippen MR) is 246 cm³/mol. The van der Waals surface area contributed by atoms with Crippen molar-refractivity contribution in [1.29, 1.82) is 0 Å². The second-order valence-electron chi connectivity index (χ2n) is 15.2. The molecule has 0 aliphatic heterocycles. The molecule has 0 spiro atoms. The predicted octanol–water partition coefficient (Wildman–Crippen LogP) is 14.4. The fourth-order valence-corrected chi connectivity index (χ4v) is 8.77. The van der Waals surface area contributed by atoms with Gasteiger partial charge in [-0.1, -0.05) is 164 Å². The lowest BCUT2D eigenvalue weighted by Crippen LogP contribution is -2.04. The average Bonchev–Trinajstić information content (AvgIpc) is 3.86. The molecule has 3 heterocycles. The van der Waals surface area contributed by atoms with Gasteiger partial charge >= 0.3 is 0 Å². The number of aromatic nitrogens is 4. The van der Waals surface area contributed by atoms with Crippen molar-refractivity contribution in [2.45, 2.75) is 0 Å². The zero-order chi connectivity index (χ0) is 39.6. The van der Waals surface area contributed by atoms with Gasteiger partial charge in [-0.15, -0.1) is 0 Å². The second-order valence-corrected chi connectivity index (χ2v) is 15.2. The van der Waals surface area contributed by atoms with Gasteiger partial charge < -0.3 is 8.98 Å². The number of para-hydroxylation sites is 2. The maximum Gasteiger partial charge on any atom is 0.166 e. The van der Waals surface area contributed by atoms with Crippen molar-refractivity contribution in [2.75, 3.05) is 0 Å². The summed E-state index contributed by atoms with van der Waals surface area (Å²) in [5.74, 6) is 1.76. The highest BCUT2D eigenvalue weighted by Crippen LogP contribution is 2.44. The maximum atomic E-state index is 6.60. The van der Waals surface area contributed by atoms with E-state index in [-0.39, 0.29) is 0 Å². The first-order valence-electron chi connectivity index (χ1n) is 20.2. The standard InChI is InChI=1S/C55H34N4O/c1-3-14-35(15-4-1)37-26-28-38(29-27-37)53-56-54(42-21-13-20-39(32-42)36-16-5-2-6-17-36)58-55(57-53)45-30-31-50-51(44-23-10-12-25-49(44)60-50)52(45)59-47-24-11-9-22-43(47)46-33-40-18-7-8-19-41(40)34-48(46)59/h1-34H. The summed E-state index contributed by atoms with van der Waals surface area (Å²) in [7, 11) is 0. The minimum Gasteiger partial charge on any atom is -0.456 e. The first-order chi connectivity index (χ1) is 29.7. The summed E-state index contributed by atoms with van der Waals surface area (Å²) in [5.41, 5.74) is 11.9. The molecule has 5 heteroatoms. The molecule has 60 heavy (non-hydrogen) atoms. The molecular weight excluding hydrogens is 733 g/mol. The lowest BCUT2D eigenvalue weighted by Gasteiger charge is -2.16. The van der Waals surface area contributed by atoms with Crippen LogP contribution in [0.2, 0.25) is 0 Å². The molecule has 5 nitrogen and oxygen atoms in total. The largest absolute Gasteiger partial charge is 0.456 e. The van der Waals surface area contributed by atoms with Crippen LogP contribution in [0.3, 0.4) is 0 Å². The van der Waals surface area contributed by atoms with Crippen molar-refractivity contribution in [3.05, 3.63) is 206 Å². The SMILES string of the molecule is c1ccc(-c2ccc(-c3nc(-c4cccc(-c5ccccc5)c4)nc(-c4ccc5oc6ccccc6c5c4-n4c5ccccc5c5cc6ccccc6cc54)n3)cc2)cc1. The van der Waals surface area contributed by atoms with E-state index in [0.717, 1.165) is 77.6 Å². The minimum atomic E-state index is 0.571. The van der Waals surface area contributed by atoms with Crippen molar-refractivity contribution in [3.63, 3.8) is 0 Å². The van der Waals surface area contributed by atoms with Gasteiger partial charge in [0.05, 0.1) is 22.1 Å². The number of furan rings is 1. The van der Waals surface area contributed by atoms with Crippen LogP contribution in [-0.4, -0.2) is 19.5 Å². The van der Waals surface area contributed by atoms with E-state index in [2.05, 4.69) is 187 Å². The quantitative estimate of drug-likeness (QED) is 0.169. The number of benzene rings is 9. The zero-order valence-electron chi connectivity index (χ0n) is 32.3. The Morgan fingerprint density at radius 3 is 1.68 bits per heavy atom. The maximum absolute atomic E-state index is 6.60. The number of hydrogen-bond acceptors (Lipinski definition) is 4. The van der Waals surface area contributed by atoms with E-state index in [1.165, 1.54) is 21.5 Å². The molecule has 0 aliphatic rings. The molecule has 0 N–H and O–H groups in total. The third-order valence-electron chi connectivity index (χ3n) is 11.6. The van der Waals surface area contributed by atoms with E-state index >= 15 is 0 Å². The van der Waals surface area contributed by atoms with Crippen molar-refractivity contribution < 1.29 is 4.42 Å². The Morgan fingerprint density at radius 1 is 0.333 bits per heavy atom. The third-order valence-corrected chi connectivity index (χ3v) is 11.6. The zero-order valence-corrected chi connectivity index (χ0v) is 32.3. The van der Waals surface area contributed by atoms with Gasteiger partial charge in [0, 0.05) is 32.8 Å². The number of fused-ring (bicyclic) bond motifs is 7. The molecule has 0 fully saturated rings. The van der Waals surface area contributed by atoms with Gasteiger partial charge in [-0.05, 0) is 75.5 Å². The summed E-state index contributed by atoms with van der Waals surface area (Å²) in [6, 6.07) is 72.1. The van der Waals surface area contributed by atoms with Gasteiger partial charge in [0.25, 0.3) is 0 Å². The lowest BCUT2D eigenvalue weighted by molar-refractivity contribution is 0.669. The molecule has 0 aliphatic carbocycles. The first-order valence-corrected chi connectivity index (χ1v) is 20.2. The van der Waals surface area contributed by atoms with Crippen molar-refractivity contribution in [3.8, 4) is 62.1 Å². The molecule has 0 amide bonds. The van der Waals surface area contributed by atoms with Crippen molar-refractivity contribution in [2.24, 2.45) is 0 Å². The number of nitrogens with zero attached hydrogens (tertiary/aromatic N) is 4. The highest BCUT2D eigenvalue weighted by Gasteiger charge is 2.24. The first kappa shape index (κ1) is 33.9. The van der Waals surface area contributed by atoms with E-state index in [9.17, 15) is 0 Å². The Kier molecular flexibility index (Phi) is 7.78. The molecular formula is C55H34N4O. The fourth-order valence-electron chi connectivity index (χ4n) is 8.77. The Labute approximate surface area is 345 Å². The molecule has 0 bridgehead atoms. The van der Waals surface area contributed by atoms with Gasteiger partial charge in [0.15, 0.2) is 17.5 Å². The highest BCUT2D eigenvalue weighted by atomic mass is 16.3. The number of hydrogen-bond donors (Lipinski definition) is 0. The summed E-state index contributed by atoms with van der Waals surface area (Å²) in [6.07, 6.45) is 0. The lowest BCUT2D eigenvalue weighted by atomic mass is 10.0. The minimum absolute atomic E-state index is 0.571. The topological polar surface area (TPSA) is 56.7 Å². The van der Waals surface area contributed by atoms with E-state index in [1.54, 1.807) is 0 Å². The van der Waals surface area contributed by atoms with E-state index < -0.39 is 0 Å². The van der Waals surface area contributed by atoms with Gasteiger partial charge in [-0.2, -0.15) is 0 Å². The Bertz CT molecular complexity index is 3590. The molecule has 3 aromatic heterocycles. The van der Waals surface area contributed by atoms with Crippen LogP contribution in [-0.2, 0) is 0 Å². The van der Waals surface area contributed by atoms with Gasteiger partial charge in [-0.25, -0.2) is 15.0 Å². The molecule has 9 aromatic carbocycles. The van der Waals surface area contributed by atoms with Crippen LogP contribution in [0.1, 0.15) is 0 Å². The Balaban J connectivity index is 1.16. The van der Waals surface area contributed by atoms with Gasteiger partial charge in [0.2, 0.25) is 0 Å². The van der Waals surface area contributed by atoms with Crippen LogP contribution in [0, 0.1) is 0 Å². The Morgan fingerprint density at radius 2 is 0.900 bits per heavy atom. The van der Waals surface area contributed by atoms with E-state index in [4.69, 9.17) is 19.4 Å². The van der Waals surface area contributed by atoms with Crippen LogP contribution in [0.15, 0.2) is 211 Å². The molecule has 0 unspecified atom stereocenters. The normalized spacial score (nSPS) is 11.7. The summed E-state index contributed by atoms with van der Waals surface area (Å²) < 4.78 is 8.99. The van der Waals surface area contributed by atoms with Gasteiger partial charge in [0.1, 0.15) is 11.2 Å². The molecule has 0 atom stereocenters. The molecule has 12 rings (SSSR count). The monoisotopic (exact) mass is 766 g/mol. The van der Waals surface area contributed by atoms with E-state index in [0.29, 0.717) is 17.5 Å². The molecule has 280 valence electrons. The number of rotatable bonds is 6. The fraction of sp³-hybridized carbons (Fsp3) is 0. The third kappa shape index (κ3) is 5.59. The van der Waals surface area contributed by atoms with Crippen LogP contribution in [0.25, 0.3) is 117 Å². The van der Waals surface area contributed by atoms with Gasteiger partial charge in [-0.3, -0.25) is 0 Å². The summed E-state index contributed by atoms with van der Waals surface area (Å²) >= 11 is 0. The molecule has 0 radical (unpaired) electrons. The van der Waals surface area contributed by atoms with Crippen molar-refractivity contribution >= 4 is 54.5 Å². The summed E-state index contributed by atoms with van der Waals surface area (Å²) in [5, 5.41) is 6.73. The van der Waals surface area contributed by atoms with Crippen LogP contribution in [0.5, 0.6) is 0 Å². The molecule has 0 saturated carbocycles. The van der Waals surface area contributed by atoms with E-state index in [1.807, 2.05) is 24.3 Å². The van der Waals surface area contributed by atoms with Crippen LogP contribution >= 0.6 is 0 Å². The van der Waals surface area contributed by atoms with Crippen molar-refractivity contribution in [1.82, 2.24) is 19.5 Å².